The predicted molar refractivity (Wildman–Crippen MR) is 83.6 cm³/mol. The zero-order valence-electron chi connectivity index (χ0n) is 12.3. The molecule has 0 aliphatic rings. The van der Waals surface area contributed by atoms with E-state index in [0.717, 1.165) is 0 Å². The molecule has 114 valence electrons. The van der Waals surface area contributed by atoms with E-state index in [9.17, 15) is 9.59 Å². The molecular formula is C16H13N5O2. The van der Waals surface area contributed by atoms with Crippen LogP contribution in [0.2, 0.25) is 0 Å². The van der Waals surface area contributed by atoms with Gasteiger partial charge in [-0.05, 0) is 43.3 Å². The van der Waals surface area contributed by atoms with Gasteiger partial charge in [0.05, 0.1) is 0 Å². The Labute approximate surface area is 132 Å². The van der Waals surface area contributed by atoms with Gasteiger partial charge in [-0.1, -0.05) is 0 Å². The van der Waals surface area contributed by atoms with Crippen LogP contribution >= 0.6 is 0 Å². The number of anilines is 1. The molecule has 1 N–H and O–H groups in total. The fourth-order valence-electron chi connectivity index (χ4n) is 2.01. The normalized spacial score (nSPS) is 10.3. The summed E-state index contributed by atoms with van der Waals surface area (Å²) >= 11 is 0. The third-order valence-electron chi connectivity index (χ3n) is 3.24. The van der Waals surface area contributed by atoms with Crippen molar-refractivity contribution >= 4 is 17.4 Å². The first-order valence-corrected chi connectivity index (χ1v) is 6.87. The Bertz CT molecular complexity index is 841. The van der Waals surface area contributed by atoms with Crippen LogP contribution in [-0.4, -0.2) is 31.4 Å². The number of pyridine rings is 1. The zero-order chi connectivity index (χ0) is 16.2. The molecule has 0 atom stereocenters. The molecule has 0 aliphatic heterocycles. The van der Waals surface area contributed by atoms with Crippen LogP contribution in [0.5, 0.6) is 0 Å². The standard InChI is InChI=1S/C16H13N5O2/c1-11(22)12-2-4-14(5-3-12)20-16(23)13-6-7-17-15(8-13)21-9-18-19-10-21/h2-10H,1H3,(H,20,23). The van der Waals surface area contributed by atoms with E-state index in [1.54, 1.807) is 47.2 Å². The summed E-state index contributed by atoms with van der Waals surface area (Å²) < 4.78 is 1.61. The summed E-state index contributed by atoms with van der Waals surface area (Å²) in [5, 5.41) is 10.2. The molecule has 3 rings (SSSR count). The molecule has 0 unspecified atom stereocenters. The van der Waals surface area contributed by atoms with Gasteiger partial charge >= 0.3 is 0 Å². The summed E-state index contributed by atoms with van der Waals surface area (Å²) in [6.45, 7) is 1.50. The summed E-state index contributed by atoms with van der Waals surface area (Å²) in [5.41, 5.74) is 1.67. The lowest BCUT2D eigenvalue weighted by molar-refractivity contribution is 0.101. The van der Waals surface area contributed by atoms with Crippen LogP contribution in [0.3, 0.4) is 0 Å². The SMILES string of the molecule is CC(=O)c1ccc(NC(=O)c2ccnc(-n3cnnc3)c2)cc1. The first kappa shape index (κ1) is 14.6. The molecule has 0 aliphatic carbocycles. The number of amides is 1. The first-order chi connectivity index (χ1) is 11.1. The number of hydrogen-bond donors (Lipinski definition) is 1. The number of rotatable bonds is 4. The Morgan fingerprint density at radius 2 is 1.70 bits per heavy atom. The van der Waals surface area contributed by atoms with Crippen LogP contribution in [0.1, 0.15) is 27.6 Å². The van der Waals surface area contributed by atoms with E-state index in [0.29, 0.717) is 22.6 Å². The van der Waals surface area contributed by atoms with Gasteiger partial charge in [-0.3, -0.25) is 14.2 Å². The third-order valence-corrected chi connectivity index (χ3v) is 3.24. The lowest BCUT2D eigenvalue weighted by atomic mass is 10.1. The van der Waals surface area contributed by atoms with Crippen LogP contribution < -0.4 is 5.32 Å². The summed E-state index contributed by atoms with van der Waals surface area (Å²) in [6, 6.07) is 9.99. The van der Waals surface area contributed by atoms with Crippen molar-refractivity contribution in [1.82, 2.24) is 19.7 Å². The molecule has 0 spiro atoms. The fourth-order valence-corrected chi connectivity index (χ4v) is 2.01. The van der Waals surface area contributed by atoms with Gasteiger partial charge in [0.1, 0.15) is 18.5 Å². The van der Waals surface area contributed by atoms with Crippen molar-refractivity contribution < 1.29 is 9.59 Å². The second kappa shape index (κ2) is 6.18. The highest BCUT2D eigenvalue weighted by atomic mass is 16.1. The lowest BCUT2D eigenvalue weighted by Gasteiger charge is -2.07. The van der Waals surface area contributed by atoms with Gasteiger partial charge in [0, 0.05) is 23.0 Å². The molecular weight excluding hydrogens is 294 g/mol. The second-order valence-corrected chi connectivity index (χ2v) is 4.86. The van der Waals surface area contributed by atoms with E-state index < -0.39 is 0 Å². The summed E-state index contributed by atoms with van der Waals surface area (Å²) in [7, 11) is 0. The molecule has 7 heteroatoms. The smallest absolute Gasteiger partial charge is 0.255 e. The number of Topliss-reactive ketones (excluding diaryl/α,β-unsaturated/α-hetero) is 1. The van der Waals surface area contributed by atoms with Crippen molar-refractivity contribution in [3.8, 4) is 5.82 Å². The van der Waals surface area contributed by atoms with Gasteiger partial charge in [-0.15, -0.1) is 10.2 Å². The van der Waals surface area contributed by atoms with Crippen LogP contribution in [0.25, 0.3) is 5.82 Å². The summed E-state index contributed by atoms with van der Waals surface area (Å²) in [5.74, 6) is 0.266. The number of hydrogen-bond acceptors (Lipinski definition) is 5. The van der Waals surface area contributed by atoms with Crippen LogP contribution in [0.4, 0.5) is 5.69 Å². The molecule has 23 heavy (non-hydrogen) atoms. The molecule has 0 radical (unpaired) electrons. The first-order valence-electron chi connectivity index (χ1n) is 6.87. The van der Waals surface area contributed by atoms with Crippen LogP contribution in [0.15, 0.2) is 55.2 Å². The number of nitrogens with one attached hydrogen (secondary N) is 1. The maximum Gasteiger partial charge on any atom is 0.255 e. The van der Waals surface area contributed by atoms with Gasteiger partial charge in [0.2, 0.25) is 0 Å². The average Bonchev–Trinajstić information content (AvgIpc) is 3.10. The van der Waals surface area contributed by atoms with Crippen LogP contribution in [-0.2, 0) is 0 Å². The summed E-state index contributed by atoms with van der Waals surface area (Å²) in [6.07, 6.45) is 4.55. The van der Waals surface area contributed by atoms with Crippen LogP contribution in [0, 0.1) is 0 Å². The third kappa shape index (κ3) is 3.29. The number of carbonyl (C=O) groups excluding carboxylic acids is 2. The van der Waals surface area contributed by atoms with Crippen molar-refractivity contribution in [1.29, 1.82) is 0 Å². The highest BCUT2D eigenvalue weighted by Gasteiger charge is 2.09. The van der Waals surface area contributed by atoms with Crippen molar-refractivity contribution in [3.05, 3.63) is 66.4 Å². The highest BCUT2D eigenvalue weighted by Crippen LogP contribution is 2.13. The Kier molecular flexibility index (Phi) is 3.92. The van der Waals surface area contributed by atoms with E-state index >= 15 is 0 Å². The monoisotopic (exact) mass is 307 g/mol. The Morgan fingerprint density at radius 1 is 1.00 bits per heavy atom. The second-order valence-electron chi connectivity index (χ2n) is 4.86. The van der Waals surface area contributed by atoms with Crippen molar-refractivity contribution in [3.63, 3.8) is 0 Å². The number of benzene rings is 1. The number of nitrogens with zero attached hydrogens (tertiary/aromatic N) is 4. The molecule has 1 amide bonds. The zero-order valence-corrected chi connectivity index (χ0v) is 12.3. The van der Waals surface area contributed by atoms with E-state index in [2.05, 4.69) is 20.5 Å². The quantitative estimate of drug-likeness (QED) is 0.746. The maximum atomic E-state index is 12.3. The topological polar surface area (TPSA) is 89.8 Å². The van der Waals surface area contributed by atoms with E-state index in [1.165, 1.54) is 19.6 Å². The minimum atomic E-state index is -0.266. The van der Waals surface area contributed by atoms with E-state index in [4.69, 9.17) is 0 Å². The van der Waals surface area contributed by atoms with Gasteiger partial charge in [-0.25, -0.2) is 4.98 Å². The molecule has 3 aromatic rings. The van der Waals surface area contributed by atoms with Gasteiger partial charge < -0.3 is 5.32 Å². The Morgan fingerprint density at radius 3 is 2.35 bits per heavy atom. The van der Waals surface area contributed by atoms with Crippen molar-refractivity contribution in [2.45, 2.75) is 6.92 Å². The van der Waals surface area contributed by atoms with Crippen molar-refractivity contribution in [2.24, 2.45) is 0 Å². The minimum absolute atomic E-state index is 0.0180. The predicted octanol–water partition coefficient (Wildman–Crippen LogP) is 2.12. The molecule has 7 nitrogen and oxygen atoms in total. The van der Waals surface area contributed by atoms with E-state index in [-0.39, 0.29) is 11.7 Å². The number of ketones is 1. The maximum absolute atomic E-state index is 12.3. The Hall–Kier alpha value is -3.35. The minimum Gasteiger partial charge on any atom is -0.322 e. The molecule has 2 aromatic heterocycles. The molecule has 0 bridgehead atoms. The number of carbonyl (C=O) groups is 2. The number of aromatic nitrogens is 4. The van der Waals surface area contributed by atoms with Gasteiger partial charge in [-0.2, -0.15) is 0 Å². The average molecular weight is 307 g/mol. The lowest BCUT2D eigenvalue weighted by Crippen LogP contribution is -2.12. The summed E-state index contributed by atoms with van der Waals surface area (Å²) in [4.78, 5) is 27.7. The molecule has 1 aromatic carbocycles. The van der Waals surface area contributed by atoms with Gasteiger partial charge in [0.15, 0.2) is 5.78 Å². The molecule has 0 saturated heterocycles. The Balaban J connectivity index is 1.78. The fraction of sp³-hybridized carbons (Fsp3) is 0.0625. The molecule has 0 saturated carbocycles. The largest absolute Gasteiger partial charge is 0.322 e. The van der Waals surface area contributed by atoms with Gasteiger partial charge in [0.25, 0.3) is 5.91 Å². The van der Waals surface area contributed by atoms with Crippen molar-refractivity contribution in [2.75, 3.05) is 5.32 Å². The molecule has 2 heterocycles. The van der Waals surface area contributed by atoms with E-state index in [1.807, 2.05) is 0 Å². The highest BCUT2D eigenvalue weighted by molar-refractivity contribution is 6.04. The molecule has 0 fully saturated rings.